The first-order chi connectivity index (χ1) is 22.7. The van der Waals surface area contributed by atoms with Gasteiger partial charge in [-0.05, 0) is 61.1 Å². The minimum atomic E-state index is -2.30. The molecule has 4 aliphatic rings. The first-order valence-corrected chi connectivity index (χ1v) is 18.7. The lowest BCUT2D eigenvalue weighted by Crippen LogP contribution is -2.65. The standard InChI is InChI=1S/C39H53BrO8/c1-6-7-8-9-10-11-12-13-14-15-30(41)48-38-22-25(3)37-21-24(2)32(42)39(37,46)33(43)27(20-29(34(37)44)31(38)36(38,4)5)23-47-35(45)26-16-18-28(40)19-17-26/h16-21,25,29,31-33,42-43,46H,6-15,22-23H2,1-5H3/t25-,29+,31-,32+,33-,37+,38+,39-/m1/s1. The molecule has 2 fully saturated rings. The lowest BCUT2D eigenvalue weighted by Gasteiger charge is -2.48. The number of hydrogen-bond acceptors (Lipinski definition) is 8. The summed E-state index contributed by atoms with van der Waals surface area (Å²) in [5.74, 6) is -3.12. The summed E-state index contributed by atoms with van der Waals surface area (Å²) < 4.78 is 12.8. The van der Waals surface area contributed by atoms with E-state index in [1.807, 2.05) is 20.8 Å². The van der Waals surface area contributed by atoms with Gasteiger partial charge >= 0.3 is 11.9 Å². The van der Waals surface area contributed by atoms with Crippen LogP contribution in [-0.4, -0.2) is 63.1 Å². The quantitative estimate of drug-likeness (QED) is 0.106. The van der Waals surface area contributed by atoms with Crippen molar-refractivity contribution < 1.29 is 39.2 Å². The maximum atomic E-state index is 14.8. The smallest absolute Gasteiger partial charge is 0.338 e. The summed E-state index contributed by atoms with van der Waals surface area (Å²) in [6.45, 7) is 9.30. The van der Waals surface area contributed by atoms with E-state index in [4.69, 9.17) is 9.47 Å². The van der Waals surface area contributed by atoms with E-state index in [1.54, 1.807) is 43.3 Å². The van der Waals surface area contributed by atoms with Gasteiger partial charge in [-0.1, -0.05) is 107 Å². The maximum Gasteiger partial charge on any atom is 0.338 e. The zero-order valence-electron chi connectivity index (χ0n) is 29.1. The monoisotopic (exact) mass is 728 g/mol. The largest absolute Gasteiger partial charge is 0.458 e. The van der Waals surface area contributed by atoms with Crippen LogP contribution >= 0.6 is 15.9 Å². The van der Waals surface area contributed by atoms with Gasteiger partial charge in [0.25, 0.3) is 0 Å². The van der Waals surface area contributed by atoms with Crippen LogP contribution in [0.2, 0.25) is 0 Å². The molecule has 8 nitrogen and oxygen atoms in total. The zero-order chi connectivity index (χ0) is 35.1. The number of hydrogen-bond donors (Lipinski definition) is 3. The Morgan fingerprint density at radius 2 is 1.56 bits per heavy atom. The summed E-state index contributed by atoms with van der Waals surface area (Å²) in [5, 5.41) is 35.7. The fourth-order valence-corrected chi connectivity index (χ4v) is 9.63. The van der Waals surface area contributed by atoms with E-state index in [0.717, 1.165) is 23.7 Å². The number of aliphatic hydroxyl groups is 3. The van der Waals surface area contributed by atoms with Crippen LogP contribution in [0.1, 0.15) is 116 Å². The third kappa shape index (κ3) is 6.05. The number of allylic oxidation sites excluding steroid dienone is 1. The van der Waals surface area contributed by atoms with E-state index in [9.17, 15) is 29.7 Å². The van der Waals surface area contributed by atoms with Crippen molar-refractivity contribution in [2.24, 2.45) is 28.6 Å². The van der Waals surface area contributed by atoms with Gasteiger partial charge in [0.1, 0.15) is 30.0 Å². The van der Waals surface area contributed by atoms with Crippen molar-refractivity contribution in [3.63, 3.8) is 0 Å². The Bertz CT molecular complexity index is 1450. The van der Waals surface area contributed by atoms with Gasteiger partial charge in [-0.3, -0.25) is 9.59 Å². The minimum Gasteiger partial charge on any atom is -0.458 e. The number of ketones is 1. The molecule has 0 aliphatic heterocycles. The van der Waals surface area contributed by atoms with Crippen LogP contribution in [0.25, 0.3) is 0 Å². The molecule has 2 saturated carbocycles. The molecule has 0 saturated heterocycles. The predicted molar refractivity (Wildman–Crippen MR) is 186 cm³/mol. The van der Waals surface area contributed by atoms with Crippen LogP contribution in [0.3, 0.4) is 0 Å². The number of benzene rings is 1. The number of fused-ring (bicyclic) bond motifs is 3. The van der Waals surface area contributed by atoms with Gasteiger partial charge in [0.05, 0.1) is 11.0 Å². The molecule has 5 rings (SSSR count). The van der Waals surface area contributed by atoms with Gasteiger partial charge in [0.2, 0.25) is 0 Å². The van der Waals surface area contributed by atoms with Crippen LogP contribution in [-0.2, 0) is 19.1 Å². The molecule has 1 aromatic carbocycles. The Morgan fingerprint density at radius 1 is 0.958 bits per heavy atom. The molecule has 2 bridgehead atoms. The van der Waals surface area contributed by atoms with Crippen molar-refractivity contribution in [3.8, 4) is 0 Å². The third-order valence-electron chi connectivity index (χ3n) is 12.1. The van der Waals surface area contributed by atoms with Crippen molar-refractivity contribution in [1.29, 1.82) is 0 Å². The van der Waals surface area contributed by atoms with E-state index >= 15 is 0 Å². The molecule has 48 heavy (non-hydrogen) atoms. The number of halogens is 1. The molecule has 0 aromatic heterocycles. The van der Waals surface area contributed by atoms with E-state index in [1.165, 1.54) is 38.5 Å². The van der Waals surface area contributed by atoms with Crippen molar-refractivity contribution in [2.45, 2.75) is 129 Å². The number of aliphatic hydroxyl groups excluding tert-OH is 2. The van der Waals surface area contributed by atoms with Gasteiger partial charge in [0, 0.05) is 28.1 Å². The summed E-state index contributed by atoms with van der Waals surface area (Å²) in [6, 6.07) is 6.63. The molecule has 264 valence electrons. The second kappa shape index (κ2) is 14.1. The number of Topliss-reactive ketones (excluding diaryl/α,β-unsaturated/α-hetero) is 1. The van der Waals surface area contributed by atoms with Crippen molar-refractivity contribution in [2.75, 3.05) is 6.61 Å². The fraction of sp³-hybridized carbons (Fsp3) is 0.667. The molecule has 9 heteroatoms. The highest BCUT2D eigenvalue weighted by Gasteiger charge is 2.83. The molecule has 0 unspecified atom stereocenters. The maximum absolute atomic E-state index is 14.8. The zero-order valence-corrected chi connectivity index (χ0v) is 30.7. The van der Waals surface area contributed by atoms with Crippen LogP contribution in [0.15, 0.2) is 52.0 Å². The Morgan fingerprint density at radius 3 is 2.19 bits per heavy atom. The van der Waals surface area contributed by atoms with Gasteiger partial charge < -0.3 is 24.8 Å². The normalized spacial score (nSPS) is 34.6. The Hall–Kier alpha value is -2.33. The number of rotatable bonds is 14. The summed E-state index contributed by atoms with van der Waals surface area (Å²) in [6.07, 6.45) is 10.8. The minimum absolute atomic E-state index is 0.136. The van der Waals surface area contributed by atoms with Crippen molar-refractivity contribution >= 4 is 33.7 Å². The summed E-state index contributed by atoms with van der Waals surface area (Å²) in [5.41, 5.74) is -4.67. The van der Waals surface area contributed by atoms with Gasteiger partial charge in [-0.25, -0.2) is 4.79 Å². The average Bonchev–Trinajstić information content (AvgIpc) is 3.46. The van der Waals surface area contributed by atoms with Crippen LogP contribution < -0.4 is 0 Å². The molecule has 0 heterocycles. The van der Waals surface area contributed by atoms with E-state index in [2.05, 4.69) is 22.9 Å². The Balaban J connectivity index is 1.39. The third-order valence-corrected chi connectivity index (χ3v) is 12.6. The van der Waals surface area contributed by atoms with Crippen LogP contribution in [0, 0.1) is 28.6 Å². The SMILES string of the molecule is CCCCCCCCCCCC(=O)O[C@@]12C[C@@H](C)[C@]34C=C(C)[C@H](O)[C@@]3(O)[C@H](O)C(COC(=O)c3ccc(Br)cc3)=C[C@H](C4=O)[C@@H]1C2(C)C. The van der Waals surface area contributed by atoms with Crippen LogP contribution in [0.5, 0.6) is 0 Å². The van der Waals surface area contributed by atoms with E-state index < -0.39 is 64.6 Å². The van der Waals surface area contributed by atoms with E-state index in [0.29, 0.717) is 24.0 Å². The Kier molecular flexibility index (Phi) is 10.9. The average molecular weight is 730 g/mol. The van der Waals surface area contributed by atoms with Gasteiger partial charge in [-0.15, -0.1) is 0 Å². The number of esters is 2. The molecule has 0 amide bonds. The van der Waals surface area contributed by atoms with Crippen molar-refractivity contribution in [3.05, 3.63) is 57.6 Å². The molecular formula is C39H53BrO8. The fourth-order valence-electron chi connectivity index (χ4n) is 9.37. The number of unbranched alkanes of at least 4 members (excludes halogenated alkanes) is 8. The summed E-state index contributed by atoms with van der Waals surface area (Å²) in [4.78, 5) is 41.2. The first-order valence-electron chi connectivity index (χ1n) is 17.9. The lowest BCUT2D eigenvalue weighted by molar-refractivity contribution is -0.191. The molecule has 1 spiro atoms. The number of ether oxygens (including phenoxy) is 2. The second-order valence-electron chi connectivity index (χ2n) is 15.3. The highest BCUT2D eigenvalue weighted by molar-refractivity contribution is 9.10. The highest BCUT2D eigenvalue weighted by atomic mass is 79.9. The highest BCUT2D eigenvalue weighted by Crippen LogP contribution is 2.75. The van der Waals surface area contributed by atoms with Gasteiger partial charge in [0.15, 0.2) is 5.78 Å². The number of carbonyl (C=O) groups is 3. The van der Waals surface area contributed by atoms with Gasteiger partial charge in [-0.2, -0.15) is 0 Å². The summed E-state index contributed by atoms with van der Waals surface area (Å²) >= 11 is 3.35. The molecule has 0 radical (unpaired) electrons. The van der Waals surface area contributed by atoms with Crippen molar-refractivity contribution in [1.82, 2.24) is 0 Å². The molecular weight excluding hydrogens is 676 g/mol. The molecule has 4 aliphatic carbocycles. The first kappa shape index (κ1) is 36.9. The second-order valence-corrected chi connectivity index (χ2v) is 16.3. The molecule has 1 aromatic rings. The topological polar surface area (TPSA) is 130 Å². The predicted octanol–water partition coefficient (Wildman–Crippen LogP) is 7.03. The lowest BCUT2D eigenvalue weighted by atomic mass is 9.59. The molecule has 3 N–H and O–H groups in total. The summed E-state index contributed by atoms with van der Waals surface area (Å²) in [7, 11) is 0. The Labute approximate surface area is 293 Å². The van der Waals surface area contributed by atoms with Crippen LogP contribution in [0.4, 0.5) is 0 Å². The molecule has 8 atom stereocenters. The van der Waals surface area contributed by atoms with E-state index in [-0.39, 0.29) is 17.3 Å². The number of carbonyl (C=O) groups excluding carboxylic acids is 3.